The number of benzene rings is 11. The molecule has 0 saturated heterocycles. The number of nitrogens with zero attached hydrogens (tertiary/aromatic N) is 8. The highest BCUT2D eigenvalue weighted by molar-refractivity contribution is 6.15. The topological polar surface area (TPSA) is 139 Å². The molecule has 95 heavy (non-hydrogen) atoms. The molecule has 7 heterocycles. The first-order valence-corrected chi connectivity index (χ1v) is 31.7. The second kappa shape index (κ2) is 21.9. The fourth-order valence-electron chi connectivity index (χ4n) is 13.7. The summed E-state index contributed by atoms with van der Waals surface area (Å²) in [4.78, 5) is 41.8. The highest BCUT2D eigenvalue weighted by Crippen LogP contribution is 2.48. The lowest BCUT2D eigenvalue weighted by Gasteiger charge is -2.17. The maximum absolute atomic E-state index is 7.04. The van der Waals surface area contributed by atoms with Crippen LogP contribution >= 0.6 is 0 Å². The van der Waals surface area contributed by atoms with Crippen molar-refractivity contribution in [3.63, 3.8) is 0 Å². The van der Waals surface area contributed by atoms with E-state index in [-0.39, 0.29) is 12.0 Å². The Morgan fingerprint density at radius 2 is 0.842 bits per heavy atom. The standard InChI is InChI=1S/C84H50N8O3/c1-5-19-50(20-6-1)68-48-72-74(65-42-57-27-13-14-28-58(57)44-70(65)93-72)77(86-68)84-91-81(53-25-11-4-12-26-53)88-82(92-84)54-37-35-49(36-38-54)55-30-17-31-56(41-55)59-39-40-63-64-33-18-32-62(78(64)95-69(63)45-59)61-43-66(75-71(47-61)94-73-46-60-29-15-16-34-67(60)85-76(73)75)83-89-79(51-21-7-2-8-22-51)87-80(90-83)52-23-9-3-10-24-52/h1-48,65,70H. The van der Waals surface area contributed by atoms with Crippen molar-refractivity contribution >= 4 is 67.1 Å². The van der Waals surface area contributed by atoms with Gasteiger partial charge in [-0.25, -0.2) is 39.9 Å². The maximum Gasteiger partial charge on any atom is 0.182 e. The molecular weight excluding hydrogens is 1170 g/mol. The molecule has 11 nitrogen and oxygen atoms in total. The van der Waals surface area contributed by atoms with Crippen molar-refractivity contribution in [3.05, 3.63) is 295 Å². The third kappa shape index (κ3) is 9.43. The molecule has 11 heteroatoms. The highest BCUT2D eigenvalue weighted by atomic mass is 16.5. The molecule has 0 amide bonds. The van der Waals surface area contributed by atoms with E-state index in [0.29, 0.717) is 51.8 Å². The summed E-state index contributed by atoms with van der Waals surface area (Å²) >= 11 is 0. The summed E-state index contributed by atoms with van der Waals surface area (Å²) in [5, 5.41) is 6.10. The van der Waals surface area contributed by atoms with Crippen LogP contribution in [0.25, 0.3) is 180 Å². The average Bonchev–Trinajstić information content (AvgIpc) is 1.63. The fraction of sp³-hybridized carbons (Fsp3) is 0.0238. The first kappa shape index (κ1) is 53.9. The van der Waals surface area contributed by atoms with Crippen LogP contribution in [-0.4, -0.2) is 46.0 Å². The van der Waals surface area contributed by atoms with Crippen molar-refractivity contribution in [2.24, 2.45) is 0 Å². The molecule has 0 saturated carbocycles. The Hall–Kier alpha value is -12.9. The van der Waals surface area contributed by atoms with Crippen LogP contribution in [-0.2, 0) is 0 Å². The molecule has 11 aromatic carbocycles. The molecule has 1 aliphatic carbocycles. The number of furan rings is 2. The van der Waals surface area contributed by atoms with E-state index in [1.54, 1.807) is 0 Å². The van der Waals surface area contributed by atoms with Crippen LogP contribution in [0, 0.1) is 0 Å². The normalized spacial score (nSPS) is 13.9. The molecule has 444 valence electrons. The average molecular weight is 1220 g/mol. The van der Waals surface area contributed by atoms with Gasteiger partial charge in [0.15, 0.2) is 40.5 Å². The second-order valence-electron chi connectivity index (χ2n) is 24.1. The Balaban J connectivity index is 0.687. The molecule has 17 aromatic rings. The van der Waals surface area contributed by atoms with Crippen LogP contribution in [0.3, 0.4) is 0 Å². The summed E-state index contributed by atoms with van der Waals surface area (Å²) in [6.07, 6.45) is 4.31. The molecule has 2 atom stereocenters. The summed E-state index contributed by atoms with van der Waals surface area (Å²) in [6, 6.07) is 95.1. The molecule has 19 rings (SSSR count). The van der Waals surface area contributed by atoms with E-state index < -0.39 is 0 Å². The lowest BCUT2D eigenvalue weighted by molar-refractivity contribution is 0.288. The zero-order chi connectivity index (χ0) is 62.5. The first-order valence-electron chi connectivity index (χ1n) is 31.7. The molecule has 0 radical (unpaired) electrons. The quantitative estimate of drug-likeness (QED) is 0.129. The lowest BCUT2D eigenvalue weighted by atomic mass is 9.88. The van der Waals surface area contributed by atoms with Crippen molar-refractivity contribution in [3.8, 4) is 119 Å². The smallest absolute Gasteiger partial charge is 0.182 e. The molecule has 1 aliphatic heterocycles. The van der Waals surface area contributed by atoms with Gasteiger partial charge in [-0.15, -0.1) is 0 Å². The minimum Gasteiger partial charge on any atom is -0.485 e. The molecule has 6 aromatic heterocycles. The van der Waals surface area contributed by atoms with Crippen LogP contribution < -0.4 is 15.2 Å². The number of aromatic nitrogens is 8. The van der Waals surface area contributed by atoms with Crippen molar-refractivity contribution in [2.45, 2.75) is 12.0 Å². The lowest BCUT2D eigenvalue weighted by Crippen LogP contribution is -2.34. The van der Waals surface area contributed by atoms with Crippen LogP contribution in [0.1, 0.15) is 11.5 Å². The third-order valence-corrected chi connectivity index (χ3v) is 18.3. The summed E-state index contributed by atoms with van der Waals surface area (Å²) in [6.45, 7) is 0. The van der Waals surface area contributed by atoms with Gasteiger partial charge in [-0.2, -0.15) is 0 Å². The van der Waals surface area contributed by atoms with Gasteiger partial charge in [-0.05, 0) is 86.8 Å². The van der Waals surface area contributed by atoms with Gasteiger partial charge in [-0.1, -0.05) is 237 Å². The molecule has 0 bridgehead atoms. The predicted octanol–water partition coefficient (Wildman–Crippen LogP) is 18.6. The van der Waals surface area contributed by atoms with Gasteiger partial charge in [0.1, 0.15) is 39.8 Å². The van der Waals surface area contributed by atoms with E-state index >= 15 is 0 Å². The summed E-state index contributed by atoms with van der Waals surface area (Å²) in [5.41, 5.74) is 18.0. The molecule has 0 fully saturated rings. The van der Waals surface area contributed by atoms with Crippen molar-refractivity contribution in [1.82, 2.24) is 39.9 Å². The van der Waals surface area contributed by atoms with Gasteiger partial charge in [0.2, 0.25) is 0 Å². The van der Waals surface area contributed by atoms with Crippen LogP contribution in [0.5, 0.6) is 5.75 Å². The summed E-state index contributed by atoms with van der Waals surface area (Å²) < 4.78 is 20.7. The molecule has 2 unspecified atom stereocenters. The van der Waals surface area contributed by atoms with Gasteiger partial charge in [0.25, 0.3) is 0 Å². The van der Waals surface area contributed by atoms with E-state index in [1.807, 2.05) is 127 Å². The Morgan fingerprint density at radius 3 is 1.54 bits per heavy atom. The maximum atomic E-state index is 7.04. The second-order valence-corrected chi connectivity index (χ2v) is 24.1. The number of hydrogen-bond acceptors (Lipinski definition) is 11. The number of fused-ring (bicyclic) bond motifs is 11. The zero-order valence-corrected chi connectivity index (χ0v) is 50.7. The molecule has 2 aliphatic rings. The van der Waals surface area contributed by atoms with Crippen molar-refractivity contribution in [1.29, 1.82) is 0 Å². The van der Waals surface area contributed by atoms with Crippen LogP contribution in [0.2, 0.25) is 0 Å². The summed E-state index contributed by atoms with van der Waals surface area (Å²) in [5.74, 6) is 3.86. The van der Waals surface area contributed by atoms with Gasteiger partial charge in [0, 0.05) is 72.7 Å². The highest BCUT2D eigenvalue weighted by Gasteiger charge is 2.38. The minimum absolute atomic E-state index is 0.0952. The Kier molecular flexibility index (Phi) is 12.5. The predicted molar refractivity (Wildman–Crippen MR) is 377 cm³/mol. The number of rotatable bonds is 10. The third-order valence-electron chi connectivity index (χ3n) is 18.3. The van der Waals surface area contributed by atoms with Crippen LogP contribution in [0.15, 0.2) is 288 Å². The van der Waals surface area contributed by atoms with Gasteiger partial charge >= 0.3 is 0 Å². The van der Waals surface area contributed by atoms with Crippen molar-refractivity contribution in [2.75, 3.05) is 0 Å². The Morgan fingerprint density at radius 1 is 0.305 bits per heavy atom. The van der Waals surface area contributed by atoms with Crippen LogP contribution in [0.4, 0.5) is 0 Å². The Bertz CT molecular complexity index is 6020. The number of ether oxygens (including phenoxy) is 1. The van der Waals surface area contributed by atoms with E-state index in [1.165, 1.54) is 0 Å². The van der Waals surface area contributed by atoms with Crippen molar-refractivity contribution < 1.29 is 13.6 Å². The SMILES string of the molecule is C1=c2ccccc2=CC2c3c(cc(-c4ccccc4)nc3-c3nc(-c4ccccc4)nc(-c4ccc(-c5cccc(-c6ccc7c(c6)oc6c(-c8cc(-c9nc(-c%10ccccc%10)nc(-c%10ccccc%10)n9)c9c(c8)oc8cc%10ccccc%10nc89)cccc67)c5)cc4)n3)OC12. The number of pyridine rings is 2. The molecule has 0 spiro atoms. The zero-order valence-electron chi connectivity index (χ0n) is 50.7. The monoisotopic (exact) mass is 1220 g/mol. The summed E-state index contributed by atoms with van der Waals surface area (Å²) in [7, 11) is 0. The Labute approximate surface area is 543 Å². The van der Waals surface area contributed by atoms with E-state index in [9.17, 15) is 0 Å². The number of para-hydroxylation sites is 2. The van der Waals surface area contributed by atoms with Gasteiger partial charge in [0.05, 0.1) is 16.6 Å². The van der Waals surface area contributed by atoms with E-state index in [0.717, 1.165) is 138 Å². The first-order chi connectivity index (χ1) is 47.0. The van der Waals surface area contributed by atoms with Gasteiger partial charge in [-0.3, -0.25) is 0 Å². The fourth-order valence-corrected chi connectivity index (χ4v) is 13.7. The largest absolute Gasteiger partial charge is 0.485 e. The van der Waals surface area contributed by atoms with E-state index in [4.69, 9.17) is 53.4 Å². The van der Waals surface area contributed by atoms with Gasteiger partial charge < -0.3 is 13.6 Å². The van der Waals surface area contributed by atoms with E-state index in [2.05, 4.69) is 164 Å². The molecular formula is C84H50N8O3. The number of hydrogen-bond donors (Lipinski definition) is 0. The minimum atomic E-state index is -0.206. The molecule has 0 N–H and O–H groups in total.